The highest BCUT2D eigenvalue weighted by Crippen LogP contribution is 2.37. The van der Waals surface area contributed by atoms with E-state index in [0.29, 0.717) is 14.9 Å². The van der Waals surface area contributed by atoms with Crippen molar-refractivity contribution >= 4 is 56.5 Å². The summed E-state index contributed by atoms with van der Waals surface area (Å²) < 4.78 is 0.829. The number of hydrogen-bond donors (Lipinski definition) is 1. The monoisotopic (exact) mass is 345 g/mol. The van der Waals surface area contributed by atoms with Gasteiger partial charge in [0.15, 0.2) is 0 Å². The van der Waals surface area contributed by atoms with Crippen molar-refractivity contribution in [1.82, 2.24) is 4.90 Å². The topological polar surface area (TPSA) is 57.6 Å². The van der Waals surface area contributed by atoms with Gasteiger partial charge in [0, 0.05) is 28.7 Å². The Morgan fingerprint density at radius 3 is 2.67 bits per heavy atom. The zero-order valence-electron chi connectivity index (χ0n) is 11.4. The third kappa shape index (κ3) is 3.31. The van der Waals surface area contributed by atoms with Gasteiger partial charge >= 0.3 is 5.97 Å². The van der Waals surface area contributed by atoms with Gasteiger partial charge < -0.3 is 10.0 Å². The number of fused-ring (bicyclic) bond motifs is 1. The van der Waals surface area contributed by atoms with Crippen LogP contribution in [-0.2, 0) is 4.79 Å². The Bertz CT molecular complexity index is 714. The molecule has 0 spiro atoms. The van der Waals surface area contributed by atoms with Gasteiger partial charge in [-0.2, -0.15) is 0 Å². The van der Waals surface area contributed by atoms with Crippen molar-refractivity contribution in [2.24, 2.45) is 5.92 Å². The second-order valence-corrected chi connectivity index (χ2v) is 6.68. The first-order chi connectivity index (χ1) is 9.81. The molecule has 1 unspecified atom stereocenters. The fourth-order valence-corrected chi connectivity index (χ4v) is 3.70. The molecule has 0 saturated carbocycles. The van der Waals surface area contributed by atoms with Crippen molar-refractivity contribution < 1.29 is 14.7 Å². The predicted octanol–water partition coefficient (Wildman–Crippen LogP) is 4.00. The molecule has 1 N–H and O–H groups in total. The number of thiophene rings is 1. The summed E-state index contributed by atoms with van der Waals surface area (Å²) in [7, 11) is 1.56. The fraction of sp³-hybridized carbons (Fsp3) is 0.286. The highest BCUT2D eigenvalue weighted by molar-refractivity contribution is 7.21. The molecule has 112 valence electrons. The number of nitrogens with zero attached hydrogens (tertiary/aromatic N) is 1. The second kappa shape index (κ2) is 6.22. The number of carbonyl (C=O) groups excluding carboxylic acids is 1. The summed E-state index contributed by atoms with van der Waals surface area (Å²) in [5, 5.41) is 10.6. The SMILES string of the molecule is CC(CN(C)C(=O)c1sc2cc(Cl)ccc2c1Cl)C(=O)O. The van der Waals surface area contributed by atoms with Crippen LogP contribution in [0.3, 0.4) is 0 Å². The molecule has 1 heterocycles. The van der Waals surface area contributed by atoms with E-state index >= 15 is 0 Å². The Hall–Kier alpha value is -1.30. The molecule has 7 heteroatoms. The number of carbonyl (C=O) groups is 2. The summed E-state index contributed by atoms with van der Waals surface area (Å²) in [4.78, 5) is 25.0. The van der Waals surface area contributed by atoms with Gasteiger partial charge in [-0.1, -0.05) is 36.2 Å². The van der Waals surface area contributed by atoms with Crippen LogP contribution < -0.4 is 0 Å². The predicted molar refractivity (Wildman–Crippen MR) is 85.6 cm³/mol. The van der Waals surface area contributed by atoms with Gasteiger partial charge in [-0.3, -0.25) is 9.59 Å². The molecule has 0 radical (unpaired) electrons. The summed E-state index contributed by atoms with van der Waals surface area (Å²) >= 11 is 13.4. The third-order valence-corrected chi connectivity index (χ3v) is 4.98. The van der Waals surface area contributed by atoms with Gasteiger partial charge in [0.05, 0.1) is 10.9 Å². The smallest absolute Gasteiger partial charge is 0.308 e. The molecule has 0 fully saturated rings. The van der Waals surface area contributed by atoms with Gasteiger partial charge in [0.25, 0.3) is 5.91 Å². The molecule has 0 aliphatic carbocycles. The van der Waals surface area contributed by atoms with E-state index in [9.17, 15) is 9.59 Å². The van der Waals surface area contributed by atoms with Gasteiger partial charge in [-0.15, -0.1) is 11.3 Å². The van der Waals surface area contributed by atoms with Crippen LogP contribution in [-0.4, -0.2) is 35.5 Å². The standard InChI is InChI=1S/C14H13Cl2NO3S/c1-7(14(19)20)6-17(2)13(18)12-11(16)9-4-3-8(15)5-10(9)21-12/h3-5,7H,6H2,1-2H3,(H,19,20). The number of benzene rings is 1. The highest BCUT2D eigenvalue weighted by Gasteiger charge is 2.23. The zero-order valence-corrected chi connectivity index (χ0v) is 13.7. The lowest BCUT2D eigenvalue weighted by Crippen LogP contribution is -2.33. The van der Waals surface area contributed by atoms with Crippen LogP contribution in [0.25, 0.3) is 10.1 Å². The number of rotatable bonds is 4. The van der Waals surface area contributed by atoms with E-state index in [1.807, 2.05) is 0 Å². The van der Waals surface area contributed by atoms with Crippen molar-refractivity contribution in [3.8, 4) is 0 Å². The van der Waals surface area contributed by atoms with E-state index in [0.717, 1.165) is 10.1 Å². The van der Waals surface area contributed by atoms with E-state index in [-0.39, 0.29) is 12.5 Å². The number of carboxylic acid groups (broad SMARTS) is 1. The van der Waals surface area contributed by atoms with E-state index < -0.39 is 11.9 Å². The molecule has 0 saturated heterocycles. The van der Waals surface area contributed by atoms with Gasteiger partial charge in [0.2, 0.25) is 0 Å². The molecule has 21 heavy (non-hydrogen) atoms. The Balaban J connectivity index is 2.31. The van der Waals surface area contributed by atoms with Crippen LogP contribution in [0.1, 0.15) is 16.6 Å². The first-order valence-corrected chi connectivity index (χ1v) is 7.74. The Morgan fingerprint density at radius 2 is 2.05 bits per heavy atom. The maximum atomic E-state index is 12.4. The molecule has 1 amide bonds. The normalized spacial score (nSPS) is 12.4. The lowest BCUT2D eigenvalue weighted by molar-refractivity contribution is -0.141. The number of amides is 1. The van der Waals surface area contributed by atoms with Crippen molar-refractivity contribution in [2.45, 2.75) is 6.92 Å². The van der Waals surface area contributed by atoms with E-state index in [4.69, 9.17) is 28.3 Å². The van der Waals surface area contributed by atoms with Gasteiger partial charge in [0.1, 0.15) is 4.88 Å². The lowest BCUT2D eigenvalue weighted by Gasteiger charge is -2.18. The molecule has 2 aromatic rings. The van der Waals surface area contributed by atoms with Crippen molar-refractivity contribution in [2.75, 3.05) is 13.6 Å². The van der Waals surface area contributed by atoms with E-state index in [1.165, 1.54) is 16.2 Å². The number of halogens is 2. The van der Waals surface area contributed by atoms with Crippen molar-refractivity contribution in [1.29, 1.82) is 0 Å². The number of carboxylic acids is 1. The summed E-state index contributed by atoms with van der Waals surface area (Å²) in [6.45, 7) is 1.68. The molecule has 0 aliphatic rings. The van der Waals surface area contributed by atoms with Crippen molar-refractivity contribution in [3.05, 3.63) is 33.1 Å². The summed E-state index contributed by atoms with van der Waals surface area (Å²) in [5.41, 5.74) is 0. The zero-order chi connectivity index (χ0) is 15.7. The van der Waals surface area contributed by atoms with E-state index in [2.05, 4.69) is 0 Å². The fourth-order valence-electron chi connectivity index (χ4n) is 1.92. The minimum absolute atomic E-state index is 0.125. The Labute approximate surface area is 135 Å². The average Bonchev–Trinajstić information content (AvgIpc) is 2.74. The van der Waals surface area contributed by atoms with Crippen LogP contribution in [0.4, 0.5) is 0 Å². The second-order valence-electron chi connectivity index (χ2n) is 4.81. The summed E-state index contributed by atoms with van der Waals surface area (Å²) in [6, 6.07) is 5.24. The van der Waals surface area contributed by atoms with Crippen LogP contribution in [0.2, 0.25) is 10.0 Å². The van der Waals surface area contributed by atoms with Crippen LogP contribution in [0.5, 0.6) is 0 Å². The largest absolute Gasteiger partial charge is 0.481 e. The molecular formula is C14H13Cl2NO3S. The van der Waals surface area contributed by atoms with Crippen LogP contribution in [0, 0.1) is 5.92 Å². The molecule has 0 bridgehead atoms. The lowest BCUT2D eigenvalue weighted by atomic mass is 10.1. The number of hydrogen-bond acceptors (Lipinski definition) is 3. The molecule has 1 atom stereocenters. The number of aliphatic carboxylic acids is 1. The quantitative estimate of drug-likeness (QED) is 0.910. The molecule has 4 nitrogen and oxygen atoms in total. The third-order valence-electron chi connectivity index (χ3n) is 3.10. The minimum atomic E-state index is -0.941. The van der Waals surface area contributed by atoms with E-state index in [1.54, 1.807) is 32.2 Å². The first-order valence-electron chi connectivity index (χ1n) is 6.17. The van der Waals surface area contributed by atoms with Crippen molar-refractivity contribution in [3.63, 3.8) is 0 Å². The Morgan fingerprint density at radius 1 is 1.38 bits per heavy atom. The molecule has 0 aliphatic heterocycles. The van der Waals surface area contributed by atoms with Crippen LogP contribution >= 0.6 is 34.5 Å². The minimum Gasteiger partial charge on any atom is -0.481 e. The molecule has 2 rings (SSSR count). The molecule has 1 aromatic carbocycles. The first kappa shape index (κ1) is 16.1. The average molecular weight is 346 g/mol. The molecule has 1 aromatic heterocycles. The van der Waals surface area contributed by atoms with Gasteiger partial charge in [-0.25, -0.2) is 0 Å². The highest BCUT2D eigenvalue weighted by atomic mass is 35.5. The van der Waals surface area contributed by atoms with Crippen LogP contribution in [0.15, 0.2) is 18.2 Å². The van der Waals surface area contributed by atoms with Gasteiger partial charge in [-0.05, 0) is 12.1 Å². The summed E-state index contributed by atoms with van der Waals surface area (Å²) in [5.74, 6) is -1.86. The summed E-state index contributed by atoms with van der Waals surface area (Å²) in [6.07, 6.45) is 0. The maximum Gasteiger partial charge on any atom is 0.308 e. The molecular weight excluding hydrogens is 333 g/mol. The maximum absolute atomic E-state index is 12.4. The Kier molecular flexibility index (Phi) is 4.76.